The van der Waals surface area contributed by atoms with E-state index < -0.39 is 0 Å². The Hall–Kier alpha value is -1.53. The predicted octanol–water partition coefficient (Wildman–Crippen LogP) is 2.91. The lowest BCUT2D eigenvalue weighted by Gasteiger charge is -2.06. The number of hydrogen-bond donors (Lipinski definition) is 2. The summed E-state index contributed by atoms with van der Waals surface area (Å²) in [5.74, 6) is 1.06. The molecule has 18 heavy (non-hydrogen) atoms. The summed E-state index contributed by atoms with van der Waals surface area (Å²) >= 11 is 3.20. The minimum absolute atomic E-state index is 0.596. The van der Waals surface area contributed by atoms with Crippen LogP contribution in [-0.2, 0) is 0 Å². The molecule has 3 N–H and O–H groups in total. The van der Waals surface area contributed by atoms with Crippen LogP contribution in [0.25, 0.3) is 11.3 Å². The second-order valence-electron chi connectivity index (χ2n) is 3.81. The SMILES string of the molecule is Nc1nc(-c2cccc(NC3=NCCS3)c2)cs1. The van der Waals surface area contributed by atoms with E-state index in [1.807, 2.05) is 23.6 Å². The molecule has 0 atom stereocenters. The summed E-state index contributed by atoms with van der Waals surface area (Å²) in [6, 6.07) is 8.13. The number of amidine groups is 1. The van der Waals surface area contributed by atoms with E-state index in [1.54, 1.807) is 11.8 Å². The Morgan fingerprint density at radius 2 is 2.28 bits per heavy atom. The Labute approximate surface area is 113 Å². The van der Waals surface area contributed by atoms with Gasteiger partial charge in [-0.05, 0) is 12.1 Å². The zero-order valence-electron chi connectivity index (χ0n) is 9.59. The van der Waals surface area contributed by atoms with E-state index in [0.29, 0.717) is 5.13 Å². The molecule has 3 rings (SSSR count). The maximum Gasteiger partial charge on any atom is 0.180 e. The van der Waals surface area contributed by atoms with E-state index in [4.69, 9.17) is 5.73 Å². The van der Waals surface area contributed by atoms with Gasteiger partial charge in [-0.1, -0.05) is 23.9 Å². The Balaban J connectivity index is 1.84. The highest BCUT2D eigenvalue weighted by Gasteiger charge is 2.08. The molecule has 6 heteroatoms. The van der Waals surface area contributed by atoms with Crippen LogP contribution in [0.15, 0.2) is 34.6 Å². The van der Waals surface area contributed by atoms with Gasteiger partial charge in [-0.15, -0.1) is 11.3 Å². The second kappa shape index (κ2) is 4.99. The number of thiazole rings is 1. The Morgan fingerprint density at radius 3 is 3.00 bits per heavy atom. The molecule has 0 saturated carbocycles. The highest BCUT2D eigenvalue weighted by atomic mass is 32.2. The van der Waals surface area contributed by atoms with Crippen molar-refractivity contribution in [2.45, 2.75) is 0 Å². The van der Waals surface area contributed by atoms with Gasteiger partial charge in [-0.25, -0.2) is 4.98 Å². The topological polar surface area (TPSA) is 63.3 Å². The van der Waals surface area contributed by atoms with Crippen LogP contribution in [0.2, 0.25) is 0 Å². The van der Waals surface area contributed by atoms with Gasteiger partial charge < -0.3 is 11.1 Å². The number of nitrogens with one attached hydrogen (secondary N) is 1. The molecule has 0 aliphatic carbocycles. The normalized spacial score (nSPS) is 14.6. The molecule has 1 aromatic heterocycles. The summed E-state index contributed by atoms with van der Waals surface area (Å²) in [5, 5.41) is 6.87. The first-order chi connectivity index (χ1) is 8.81. The van der Waals surface area contributed by atoms with Gasteiger partial charge in [0.2, 0.25) is 0 Å². The number of anilines is 2. The number of aromatic nitrogens is 1. The maximum absolute atomic E-state index is 5.66. The maximum atomic E-state index is 5.66. The van der Waals surface area contributed by atoms with E-state index in [0.717, 1.165) is 34.4 Å². The van der Waals surface area contributed by atoms with Crippen LogP contribution in [0.5, 0.6) is 0 Å². The van der Waals surface area contributed by atoms with Crippen LogP contribution in [0.1, 0.15) is 0 Å². The van der Waals surface area contributed by atoms with Crippen LogP contribution < -0.4 is 11.1 Å². The Morgan fingerprint density at radius 1 is 1.33 bits per heavy atom. The van der Waals surface area contributed by atoms with E-state index in [-0.39, 0.29) is 0 Å². The second-order valence-corrected chi connectivity index (χ2v) is 5.79. The third-order valence-electron chi connectivity index (χ3n) is 2.52. The van der Waals surface area contributed by atoms with Crippen molar-refractivity contribution in [1.82, 2.24) is 4.98 Å². The van der Waals surface area contributed by atoms with Gasteiger partial charge in [0.15, 0.2) is 10.3 Å². The molecule has 1 aromatic carbocycles. The fourth-order valence-corrected chi connectivity index (χ4v) is 3.03. The lowest BCUT2D eigenvalue weighted by molar-refractivity contribution is 1.17. The molecule has 92 valence electrons. The molecule has 4 nitrogen and oxygen atoms in total. The number of aliphatic imine (C=N–C) groups is 1. The van der Waals surface area contributed by atoms with Crippen molar-refractivity contribution < 1.29 is 0 Å². The van der Waals surface area contributed by atoms with Crippen molar-refractivity contribution >= 4 is 39.1 Å². The molecule has 0 bridgehead atoms. The number of benzene rings is 1. The Kier molecular flexibility index (Phi) is 3.21. The van der Waals surface area contributed by atoms with Crippen molar-refractivity contribution in [3.05, 3.63) is 29.6 Å². The smallest absolute Gasteiger partial charge is 0.180 e. The average molecular weight is 276 g/mol. The number of nitrogens with zero attached hydrogens (tertiary/aromatic N) is 2. The number of nitrogen functional groups attached to an aromatic ring is 1. The molecule has 2 aromatic rings. The number of hydrogen-bond acceptors (Lipinski definition) is 6. The molecule has 0 spiro atoms. The first-order valence-electron chi connectivity index (χ1n) is 5.57. The Bertz CT molecular complexity index is 591. The molecule has 1 aliphatic heterocycles. The summed E-state index contributed by atoms with van der Waals surface area (Å²) in [4.78, 5) is 8.66. The van der Waals surface area contributed by atoms with Crippen molar-refractivity contribution in [2.75, 3.05) is 23.3 Å². The molecule has 0 unspecified atom stereocenters. The molecular weight excluding hydrogens is 264 g/mol. The molecule has 2 heterocycles. The summed E-state index contributed by atoms with van der Waals surface area (Å²) in [6.07, 6.45) is 0. The summed E-state index contributed by atoms with van der Waals surface area (Å²) < 4.78 is 0. The third-order valence-corrected chi connectivity index (χ3v) is 4.08. The minimum Gasteiger partial charge on any atom is -0.375 e. The van der Waals surface area contributed by atoms with Gasteiger partial charge in [-0.2, -0.15) is 0 Å². The molecule has 0 radical (unpaired) electrons. The van der Waals surface area contributed by atoms with Gasteiger partial charge in [0.05, 0.1) is 12.2 Å². The molecule has 0 fully saturated rings. The fourth-order valence-electron chi connectivity index (χ4n) is 1.71. The summed E-state index contributed by atoms with van der Waals surface area (Å²) in [7, 11) is 0. The largest absolute Gasteiger partial charge is 0.375 e. The average Bonchev–Trinajstić information content (AvgIpc) is 3.01. The van der Waals surface area contributed by atoms with Crippen LogP contribution in [0.3, 0.4) is 0 Å². The standard InChI is InChI=1S/C12H12N4S2/c13-11-16-10(7-18-11)8-2-1-3-9(6-8)15-12-14-4-5-17-12/h1-3,6-7H,4-5H2,(H2,13,16)(H,14,15). The van der Waals surface area contributed by atoms with Crippen LogP contribution in [0, 0.1) is 0 Å². The highest BCUT2D eigenvalue weighted by molar-refractivity contribution is 8.14. The van der Waals surface area contributed by atoms with Crippen LogP contribution >= 0.6 is 23.1 Å². The van der Waals surface area contributed by atoms with Crippen molar-refractivity contribution in [3.8, 4) is 11.3 Å². The quantitative estimate of drug-likeness (QED) is 0.885. The van der Waals surface area contributed by atoms with Crippen LogP contribution in [-0.4, -0.2) is 22.4 Å². The van der Waals surface area contributed by atoms with Crippen molar-refractivity contribution in [2.24, 2.45) is 4.99 Å². The summed E-state index contributed by atoms with van der Waals surface area (Å²) in [6.45, 7) is 0.898. The lowest BCUT2D eigenvalue weighted by atomic mass is 10.1. The number of rotatable bonds is 2. The summed E-state index contributed by atoms with van der Waals surface area (Å²) in [5.41, 5.74) is 8.67. The number of thioether (sulfide) groups is 1. The van der Waals surface area contributed by atoms with E-state index in [2.05, 4.69) is 21.4 Å². The van der Waals surface area contributed by atoms with Gasteiger partial charge in [-0.3, -0.25) is 4.99 Å². The monoisotopic (exact) mass is 276 g/mol. The van der Waals surface area contributed by atoms with Gasteiger partial charge >= 0.3 is 0 Å². The first-order valence-corrected chi connectivity index (χ1v) is 7.43. The van der Waals surface area contributed by atoms with E-state index >= 15 is 0 Å². The highest BCUT2D eigenvalue weighted by Crippen LogP contribution is 2.26. The van der Waals surface area contributed by atoms with E-state index in [9.17, 15) is 0 Å². The zero-order valence-corrected chi connectivity index (χ0v) is 11.2. The van der Waals surface area contributed by atoms with Crippen LogP contribution in [0.4, 0.5) is 10.8 Å². The predicted molar refractivity (Wildman–Crippen MR) is 80.3 cm³/mol. The molecular formula is C12H12N4S2. The van der Waals surface area contributed by atoms with Crippen molar-refractivity contribution in [1.29, 1.82) is 0 Å². The lowest BCUT2D eigenvalue weighted by Crippen LogP contribution is -2.04. The first kappa shape index (κ1) is 11.6. The zero-order chi connectivity index (χ0) is 12.4. The molecule has 0 amide bonds. The third kappa shape index (κ3) is 2.49. The number of nitrogens with two attached hydrogens (primary N) is 1. The van der Waals surface area contributed by atoms with Gasteiger partial charge in [0.1, 0.15) is 0 Å². The fraction of sp³-hybridized carbons (Fsp3) is 0.167. The van der Waals surface area contributed by atoms with E-state index in [1.165, 1.54) is 11.3 Å². The van der Waals surface area contributed by atoms with Gasteiger partial charge in [0.25, 0.3) is 0 Å². The van der Waals surface area contributed by atoms with Crippen molar-refractivity contribution in [3.63, 3.8) is 0 Å². The molecule has 1 aliphatic rings. The molecule has 0 saturated heterocycles. The minimum atomic E-state index is 0.596. The van der Waals surface area contributed by atoms with Gasteiger partial charge in [0, 0.05) is 22.4 Å².